The quantitative estimate of drug-likeness (QED) is 0.705. The van der Waals surface area contributed by atoms with Crippen LogP contribution in [0.3, 0.4) is 0 Å². The second-order valence-electron chi connectivity index (χ2n) is 3.42. The van der Waals surface area contributed by atoms with Crippen LogP contribution in [-0.4, -0.2) is 8.76 Å². The molecule has 0 radical (unpaired) electrons. The van der Waals surface area contributed by atoms with Crippen LogP contribution in [0.5, 0.6) is 0 Å². The summed E-state index contributed by atoms with van der Waals surface area (Å²) in [6, 6.07) is 5.22. The molecule has 0 saturated heterocycles. The Hall–Kier alpha value is -0.740. The topological polar surface area (TPSA) is 40.1 Å². The first kappa shape index (κ1) is 9.80. The molecule has 0 heterocycles. The largest absolute Gasteiger partial charge is 0.770 e. The van der Waals surface area contributed by atoms with E-state index in [2.05, 4.69) is 0 Å². The van der Waals surface area contributed by atoms with Gasteiger partial charge in [0.05, 0.1) is 0 Å². The lowest BCUT2D eigenvalue weighted by Crippen LogP contribution is -2.03. The van der Waals surface area contributed by atoms with Crippen molar-refractivity contribution in [3.8, 4) is 0 Å². The maximum absolute atomic E-state index is 13.3. The molecule has 0 aromatic heterocycles. The van der Waals surface area contributed by atoms with Crippen molar-refractivity contribution in [2.24, 2.45) is 0 Å². The number of hydrogen-bond donors (Lipinski definition) is 0. The fourth-order valence-electron chi connectivity index (χ4n) is 1.97. The molecule has 76 valence electrons. The summed E-state index contributed by atoms with van der Waals surface area (Å²) in [6.07, 6.45) is 2.72. The molecule has 0 amide bonds. The lowest BCUT2D eigenvalue weighted by molar-refractivity contribution is 0.410. The molecule has 0 fully saturated rings. The molecule has 1 aromatic rings. The molecule has 1 aromatic carbocycles. The average Bonchev–Trinajstić information content (AvgIpc) is 2.63. The summed E-state index contributed by atoms with van der Waals surface area (Å²) in [6.45, 7) is 0. The molecule has 2 nitrogen and oxygen atoms in total. The second-order valence-corrected chi connectivity index (χ2v) is 4.35. The van der Waals surface area contributed by atoms with Gasteiger partial charge in [0.15, 0.2) is 5.50 Å². The SMILES string of the molecule is O=S([O-])C(F)c1cccc2c1CCC2. The maximum atomic E-state index is 13.3. The summed E-state index contributed by atoms with van der Waals surface area (Å²) >= 11 is -2.67. The molecule has 1 aliphatic carbocycles. The number of hydrogen-bond acceptors (Lipinski definition) is 2. The highest BCUT2D eigenvalue weighted by molar-refractivity contribution is 7.79. The molecular weight excluding hydrogens is 203 g/mol. The number of rotatable bonds is 2. The lowest BCUT2D eigenvalue weighted by Gasteiger charge is -2.15. The average molecular weight is 213 g/mol. The molecule has 0 spiro atoms. The summed E-state index contributed by atoms with van der Waals surface area (Å²) in [5.74, 6) is 0. The van der Waals surface area contributed by atoms with Crippen molar-refractivity contribution in [2.45, 2.75) is 24.8 Å². The Morgan fingerprint density at radius 2 is 2.21 bits per heavy atom. The predicted octanol–water partition coefficient (Wildman–Crippen LogP) is 2.02. The van der Waals surface area contributed by atoms with Crippen LogP contribution in [0.4, 0.5) is 4.39 Å². The third-order valence-corrected chi connectivity index (χ3v) is 3.19. The highest BCUT2D eigenvalue weighted by Gasteiger charge is 2.20. The molecule has 14 heavy (non-hydrogen) atoms. The van der Waals surface area contributed by atoms with Crippen LogP contribution in [-0.2, 0) is 23.9 Å². The fraction of sp³-hybridized carbons (Fsp3) is 0.400. The van der Waals surface area contributed by atoms with Gasteiger partial charge in [0.25, 0.3) is 0 Å². The summed E-state index contributed by atoms with van der Waals surface area (Å²) in [7, 11) is 0. The first-order valence-electron chi connectivity index (χ1n) is 4.53. The molecule has 1 aliphatic rings. The highest BCUT2D eigenvalue weighted by Crippen LogP contribution is 2.31. The van der Waals surface area contributed by atoms with E-state index in [-0.39, 0.29) is 0 Å². The molecule has 0 saturated carbocycles. The van der Waals surface area contributed by atoms with Gasteiger partial charge >= 0.3 is 0 Å². The number of alkyl halides is 1. The highest BCUT2D eigenvalue weighted by atomic mass is 32.2. The van der Waals surface area contributed by atoms with Crippen LogP contribution in [0, 0.1) is 0 Å². The number of aryl methyl sites for hydroxylation is 1. The van der Waals surface area contributed by atoms with Crippen LogP contribution >= 0.6 is 0 Å². The minimum atomic E-state index is -2.67. The number of halogens is 1. The van der Waals surface area contributed by atoms with Gasteiger partial charge in [0.2, 0.25) is 0 Å². The number of benzene rings is 1. The van der Waals surface area contributed by atoms with E-state index in [4.69, 9.17) is 0 Å². The molecular formula is C10H10FO2S-. The smallest absolute Gasteiger partial charge is 0.187 e. The third-order valence-electron chi connectivity index (χ3n) is 2.60. The minimum Gasteiger partial charge on any atom is -0.770 e. The number of fused-ring (bicyclic) bond motifs is 1. The molecule has 2 unspecified atom stereocenters. The fourth-order valence-corrected chi connectivity index (χ4v) is 2.39. The zero-order chi connectivity index (χ0) is 10.1. The van der Waals surface area contributed by atoms with Gasteiger partial charge in [-0.2, -0.15) is 0 Å². The first-order chi connectivity index (χ1) is 6.70. The van der Waals surface area contributed by atoms with Gasteiger partial charge in [0.1, 0.15) is 0 Å². The predicted molar refractivity (Wildman–Crippen MR) is 51.2 cm³/mol. The summed E-state index contributed by atoms with van der Waals surface area (Å²) < 4.78 is 34.3. The van der Waals surface area contributed by atoms with Crippen molar-refractivity contribution < 1.29 is 13.2 Å². The third kappa shape index (κ3) is 1.60. The van der Waals surface area contributed by atoms with E-state index < -0.39 is 16.6 Å². The van der Waals surface area contributed by atoms with E-state index in [9.17, 15) is 13.2 Å². The van der Waals surface area contributed by atoms with E-state index in [1.165, 1.54) is 0 Å². The van der Waals surface area contributed by atoms with E-state index >= 15 is 0 Å². The van der Waals surface area contributed by atoms with Gasteiger partial charge in [-0.1, -0.05) is 18.2 Å². The molecule has 2 atom stereocenters. The van der Waals surface area contributed by atoms with E-state index in [1.54, 1.807) is 12.1 Å². The summed E-state index contributed by atoms with van der Waals surface area (Å²) in [5.41, 5.74) is 0.441. The molecule has 0 aliphatic heterocycles. The Bertz CT molecular complexity index is 378. The van der Waals surface area contributed by atoms with Crippen LogP contribution in [0.2, 0.25) is 0 Å². The maximum Gasteiger partial charge on any atom is 0.187 e. The van der Waals surface area contributed by atoms with Gasteiger partial charge < -0.3 is 4.55 Å². The normalized spacial score (nSPS) is 19.0. The molecule has 4 heteroatoms. The van der Waals surface area contributed by atoms with Crippen LogP contribution in [0.15, 0.2) is 18.2 Å². The molecule has 2 rings (SSSR count). The van der Waals surface area contributed by atoms with Crippen molar-refractivity contribution >= 4 is 11.1 Å². The van der Waals surface area contributed by atoms with Gasteiger partial charge in [-0.05, 0) is 41.5 Å². The Labute approximate surface area is 84.4 Å². The van der Waals surface area contributed by atoms with Gasteiger partial charge in [-0.25, -0.2) is 4.39 Å². The molecule has 0 N–H and O–H groups in total. The summed E-state index contributed by atoms with van der Waals surface area (Å²) in [5, 5.41) is 0. The van der Waals surface area contributed by atoms with Crippen molar-refractivity contribution in [2.75, 3.05) is 0 Å². The Morgan fingerprint density at radius 1 is 1.43 bits per heavy atom. The Morgan fingerprint density at radius 3 is 2.93 bits per heavy atom. The van der Waals surface area contributed by atoms with Crippen molar-refractivity contribution in [3.05, 3.63) is 34.9 Å². The van der Waals surface area contributed by atoms with E-state index in [1.807, 2.05) is 6.07 Å². The van der Waals surface area contributed by atoms with Crippen molar-refractivity contribution in [3.63, 3.8) is 0 Å². The lowest BCUT2D eigenvalue weighted by atomic mass is 10.0. The summed E-state index contributed by atoms with van der Waals surface area (Å²) in [4.78, 5) is 0. The van der Waals surface area contributed by atoms with Crippen molar-refractivity contribution in [1.82, 2.24) is 0 Å². The van der Waals surface area contributed by atoms with Crippen LogP contribution in [0.1, 0.15) is 28.6 Å². The second kappa shape index (κ2) is 3.79. The zero-order valence-corrected chi connectivity index (χ0v) is 8.35. The standard InChI is InChI=1S/C10H11FO2S/c11-10(14(12)13)9-6-2-4-7-3-1-5-8(7)9/h2,4,6,10H,1,3,5H2,(H,12,13)/p-1. The monoisotopic (exact) mass is 213 g/mol. The van der Waals surface area contributed by atoms with Crippen molar-refractivity contribution in [1.29, 1.82) is 0 Å². The first-order valence-corrected chi connectivity index (χ1v) is 5.67. The molecule has 0 bridgehead atoms. The van der Waals surface area contributed by atoms with E-state index in [0.717, 1.165) is 30.4 Å². The van der Waals surface area contributed by atoms with Crippen LogP contribution in [0.25, 0.3) is 0 Å². The Balaban J connectivity index is 2.44. The van der Waals surface area contributed by atoms with E-state index in [0.29, 0.717) is 5.56 Å². The van der Waals surface area contributed by atoms with Gasteiger partial charge in [-0.3, -0.25) is 4.21 Å². The zero-order valence-electron chi connectivity index (χ0n) is 7.53. The minimum absolute atomic E-state index is 0.327. The van der Waals surface area contributed by atoms with Crippen LogP contribution < -0.4 is 0 Å². The Kier molecular flexibility index (Phi) is 2.65. The van der Waals surface area contributed by atoms with Gasteiger partial charge in [-0.15, -0.1) is 0 Å². The van der Waals surface area contributed by atoms with Gasteiger partial charge in [0, 0.05) is 5.56 Å².